The van der Waals surface area contributed by atoms with Gasteiger partial charge in [0.2, 0.25) is 11.7 Å². The molecule has 0 bridgehead atoms. The maximum Gasteiger partial charge on any atom is 0.255 e. The average molecular weight is 444 g/mol. The van der Waals surface area contributed by atoms with Gasteiger partial charge in [-0.05, 0) is 42.3 Å². The number of rotatable bonds is 8. The molecule has 0 aliphatic carbocycles. The Balaban J connectivity index is 1.20. The Morgan fingerprint density at radius 1 is 1.23 bits per heavy atom. The Hall–Kier alpha value is -2.23. The van der Waals surface area contributed by atoms with E-state index in [1.807, 2.05) is 34.5 Å². The highest BCUT2D eigenvalue weighted by Crippen LogP contribution is 2.21. The van der Waals surface area contributed by atoms with Crippen molar-refractivity contribution in [2.45, 2.75) is 24.8 Å². The fraction of sp³-hybridized carbons (Fsp3) is 0.429. The average Bonchev–Trinajstić information content (AvgIpc) is 3.47. The summed E-state index contributed by atoms with van der Waals surface area (Å²) in [7, 11) is 0. The maximum atomic E-state index is 12.7. The van der Waals surface area contributed by atoms with Crippen molar-refractivity contribution in [3.8, 4) is 10.7 Å². The molecule has 0 aromatic carbocycles. The summed E-state index contributed by atoms with van der Waals surface area (Å²) in [6, 6.07) is 7.79. The van der Waals surface area contributed by atoms with Crippen molar-refractivity contribution < 1.29 is 9.32 Å². The number of pyridine rings is 1. The summed E-state index contributed by atoms with van der Waals surface area (Å²) in [6.07, 6.45) is 3.42. The lowest BCUT2D eigenvalue weighted by atomic mass is 10.2. The summed E-state index contributed by atoms with van der Waals surface area (Å²) in [4.78, 5) is 26.9. The van der Waals surface area contributed by atoms with Crippen LogP contribution in [-0.4, -0.2) is 69.3 Å². The summed E-state index contributed by atoms with van der Waals surface area (Å²) < 4.78 is 5.37. The van der Waals surface area contributed by atoms with Crippen LogP contribution in [0.15, 0.2) is 45.4 Å². The Kier molecular flexibility index (Phi) is 7.14. The van der Waals surface area contributed by atoms with Gasteiger partial charge in [0.25, 0.3) is 5.91 Å². The first-order chi connectivity index (χ1) is 14.7. The summed E-state index contributed by atoms with van der Waals surface area (Å²) in [5.74, 6) is 2.40. The second-order valence-electron chi connectivity index (χ2n) is 7.04. The minimum Gasteiger partial charge on any atom is -0.339 e. The van der Waals surface area contributed by atoms with E-state index in [9.17, 15) is 4.79 Å². The molecule has 3 aromatic heterocycles. The number of hydrogen-bond donors (Lipinski definition) is 0. The predicted octanol–water partition coefficient (Wildman–Crippen LogP) is 3.70. The molecule has 0 saturated carbocycles. The lowest BCUT2D eigenvalue weighted by molar-refractivity contribution is 0.0635. The minimum absolute atomic E-state index is 0.0714. The standard InChI is InChI=1S/C21H25N5O2S2/c1-2-29-19-8-7-16(15-22-19)21(27)26-12-10-25(11-13-26)9-3-6-18-23-20(24-28-18)17-5-4-14-30-17/h4-5,7-8,14-15H,2-3,6,9-13H2,1H3. The minimum atomic E-state index is 0.0714. The van der Waals surface area contributed by atoms with Crippen LogP contribution in [0, 0.1) is 0 Å². The zero-order chi connectivity index (χ0) is 20.8. The Morgan fingerprint density at radius 3 is 2.80 bits per heavy atom. The molecule has 0 N–H and O–H groups in total. The van der Waals surface area contributed by atoms with Crippen LogP contribution in [0.4, 0.5) is 0 Å². The number of thiophene rings is 1. The van der Waals surface area contributed by atoms with Gasteiger partial charge in [0.05, 0.1) is 15.5 Å². The molecule has 1 fully saturated rings. The molecule has 1 amide bonds. The third-order valence-electron chi connectivity index (χ3n) is 5.01. The molecular formula is C21H25N5O2S2. The normalized spacial score (nSPS) is 14.9. The highest BCUT2D eigenvalue weighted by molar-refractivity contribution is 7.99. The molecule has 0 unspecified atom stereocenters. The monoisotopic (exact) mass is 443 g/mol. The topological polar surface area (TPSA) is 75.4 Å². The van der Waals surface area contributed by atoms with Crippen LogP contribution >= 0.6 is 23.1 Å². The molecule has 30 heavy (non-hydrogen) atoms. The summed E-state index contributed by atoms with van der Waals surface area (Å²) >= 11 is 3.29. The van der Waals surface area contributed by atoms with Crippen molar-refractivity contribution in [2.24, 2.45) is 0 Å². The third-order valence-corrected chi connectivity index (χ3v) is 6.70. The third kappa shape index (κ3) is 5.27. The van der Waals surface area contributed by atoms with E-state index in [2.05, 4.69) is 26.9 Å². The quantitative estimate of drug-likeness (QED) is 0.492. The Bertz CT molecular complexity index is 935. The molecule has 3 aromatic rings. The highest BCUT2D eigenvalue weighted by Gasteiger charge is 2.22. The van der Waals surface area contributed by atoms with E-state index in [4.69, 9.17) is 4.52 Å². The summed E-state index contributed by atoms with van der Waals surface area (Å²) in [5.41, 5.74) is 0.668. The van der Waals surface area contributed by atoms with Gasteiger partial charge in [0.1, 0.15) is 0 Å². The van der Waals surface area contributed by atoms with Crippen LogP contribution in [0.1, 0.15) is 29.6 Å². The first kappa shape index (κ1) is 21.0. The number of carbonyl (C=O) groups is 1. The van der Waals surface area contributed by atoms with Crippen molar-refractivity contribution in [1.29, 1.82) is 0 Å². The summed E-state index contributed by atoms with van der Waals surface area (Å²) in [6.45, 7) is 6.31. The predicted molar refractivity (Wildman–Crippen MR) is 119 cm³/mol. The molecule has 4 rings (SSSR count). The van der Waals surface area contributed by atoms with Crippen LogP contribution in [0.25, 0.3) is 10.7 Å². The Labute approximate surface area is 184 Å². The molecule has 1 aliphatic rings. The van der Waals surface area contributed by atoms with Crippen molar-refractivity contribution in [3.63, 3.8) is 0 Å². The van der Waals surface area contributed by atoms with Gasteiger partial charge in [-0.15, -0.1) is 23.1 Å². The molecule has 1 aliphatic heterocycles. The molecule has 158 valence electrons. The smallest absolute Gasteiger partial charge is 0.255 e. The zero-order valence-electron chi connectivity index (χ0n) is 17.0. The van der Waals surface area contributed by atoms with E-state index in [0.717, 1.165) is 61.2 Å². The SMILES string of the molecule is CCSc1ccc(C(=O)N2CCN(CCCc3nc(-c4cccs4)no3)CC2)cn1. The second kappa shape index (κ2) is 10.2. The van der Waals surface area contributed by atoms with Gasteiger partial charge in [0, 0.05) is 38.8 Å². The van der Waals surface area contributed by atoms with Gasteiger partial charge >= 0.3 is 0 Å². The van der Waals surface area contributed by atoms with E-state index < -0.39 is 0 Å². The van der Waals surface area contributed by atoms with Gasteiger partial charge in [-0.1, -0.05) is 18.1 Å². The van der Waals surface area contributed by atoms with E-state index in [1.54, 1.807) is 29.3 Å². The molecule has 4 heterocycles. The molecule has 9 heteroatoms. The maximum absolute atomic E-state index is 12.7. The molecular weight excluding hydrogens is 418 g/mol. The van der Waals surface area contributed by atoms with Crippen LogP contribution in [0.2, 0.25) is 0 Å². The Morgan fingerprint density at radius 2 is 2.10 bits per heavy atom. The van der Waals surface area contributed by atoms with Crippen molar-refractivity contribution >= 4 is 29.0 Å². The van der Waals surface area contributed by atoms with Gasteiger partial charge in [0.15, 0.2) is 0 Å². The number of hydrogen-bond acceptors (Lipinski definition) is 8. The number of nitrogens with zero attached hydrogens (tertiary/aromatic N) is 5. The van der Waals surface area contributed by atoms with Crippen LogP contribution in [0.5, 0.6) is 0 Å². The highest BCUT2D eigenvalue weighted by atomic mass is 32.2. The van der Waals surface area contributed by atoms with E-state index in [1.165, 1.54) is 0 Å². The lowest BCUT2D eigenvalue weighted by Crippen LogP contribution is -2.48. The van der Waals surface area contributed by atoms with Crippen LogP contribution in [-0.2, 0) is 6.42 Å². The number of piperazine rings is 1. The zero-order valence-corrected chi connectivity index (χ0v) is 18.6. The first-order valence-electron chi connectivity index (χ1n) is 10.2. The lowest BCUT2D eigenvalue weighted by Gasteiger charge is -2.34. The van der Waals surface area contributed by atoms with Crippen molar-refractivity contribution in [3.05, 3.63) is 47.3 Å². The largest absolute Gasteiger partial charge is 0.339 e. The molecule has 0 radical (unpaired) electrons. The fourth-order valence-corrected chi connectivity index (χ4v) is 4.65. The first-order valence-corrected chi connectivity index (χ1v) is 12.1. The van der Waals surface area contributed by atoms with Gasteiger partial charge in [-0.25, -0.2) is 4.98 Å². The van der Waals surface area contributed by atoms with Crippen LogP contribution in [0.3, 0.4) is 0 Å². The molecule has 7 nitrogen and oxygen atoms in total. The van der Waals surface area contributed by atoms with Gasteiger partial charge in [-0.3, -0.25) is 9.69 Å². The number of aryl methyl sites for hydroxylation is 1. The van der Waals surface area contributed by atoms with E-state index in [-0.39, 0.29) is 5.91 Å². The molecule has 1 saturated heterocycles. The summed E-state index contributed by atoms with van der Waals surface area (Å²) in [5, 5.41) is 7.03. The van der Waals surface area contributed by atoms with E-state index in [0.29, 0.717) is 17.3 Å². The van der Waals surface area contributed by atoms with Crippen molar-refractivity contribution in [2.75, 3.05) is 38.5 Å². The van der Waals surface area contributed by atoms with Gasteiger partial charge < -0.3 is 9.42 Å². The number of thioether (sulfide) groups is 1. The fourth-order valence-electron chi connectivity index (χ4n) is 3.41. The number of carbonyl (C=O) groups excluding carboxylic acids is 1. The molecule has 0 atom stereocenters. The van der Waals surface area contributed by atoms with Crippen LogP contribution < -0.4 is 0 Å². The number of aromatic nitrogens is 3. The number of amides is 1. The van der Waals surface area contributed by atoms with Gasteiger partial charge in [-0.2, -0.15) is 4.98 Å². The van der Waals surface area contributed by atoms with E-state index >= 15 is 0 Å². The second-order valence-corrected chi connectivity index (χ2v) is 9.28. The van der Waals surface area contributed by atoms with Crippen molar-refractivity contribution in [1.82, 2.24) is 24.9 Å². The molecule has 0 spiro atoms.